The van der Waals surface area contributed by atoms with Crippen LogP contribution in [-0.4, -0.2) is 22.5 Å². The molecule has 2 rings (SSSR count). The number of aromatic nitrogens is 1. The molecule has 1 fully saturated rings. The van der Waals surface area contributed by atoms with Crippen molar-refractivity contribution in [3.63, 3.8) is 0 Å². The molecule has 1 unspecified atom stereocenters. The maximum absolute atomic E-state index is 11.0. The van der Waals surface area contributed by atoms with Gasteiger partial charge >= 0.3 is 0 Å². The molecular weight excluding hydrogens is 256 g/mol. The van der Waals surface area contributed by atoms with Crippen molar-refractivity contribution >= 4 is 17.3 Å². The van der Waals surface area contributed by atoms with Crippen LogP contribution in [0.3, 0.4) is 0 Å². The van der Waals surface area contributed by atoms with Crippen LogP contribution in [0.2, 0.25) is 0 Å². The number of hydrogen-bond donors (Lipinski definition) is 2. The Balaban J connectivity index is 2.24. The molecule has 6 nitrogen and oxygen atoms in total. The van der Waals surface area contributed by atoms with Crippen LogP contribution in [0.25, 0.3) is 0 Å². The van der Waals surface area contributed by atoms with Crippen molar-refractivity contribution in [3.05, 3.63) is 22.2 Å². The molecule has 110 valence electrons. The molecule has 20 heavy (non-hydrogen) atoms. The first kappa shape index (κ1) is 14.6. The Morgan fingerprint density at radius 2 is 2.15 bits per heavy atom. The lowest BCUT2D eigenvalue weighted by Crippen LogP contribution is -2.31. The Morgan fingerprint density at radius 3 is 2.70 bits per heavy atom. The van der Waals surface area contributed by atoms with Gasteiger partial charge in [-0.25, -0.2) is 4.98 Å². The zero-order valence-electron chi connectivity index (χ0n) is 12.3. The molecule has 1 saturated carbocycles. The molecule has 1 heterocycles. The molecular formula is C14H22N4O2. The predicted molar refractivity (Wildman–Crippen MR) is 80.1 cm³/mol. The van der Waals surface area contributed by atoms with Gasteiger partial charge in [-0.05, 0) is 25.2 Å². The highest BCUT2D eigenvalue weighted by molar-refractivity contribution is 5.55. The molecule has 0 amide bonds. The van der Waals surface area contributed by atoms with Crippen LogP contribution in [-0.2, 0) is 0 Å². The molecule has 6 heteroatoms. The molecule has 0 spiro atoms. The lowest BCUT2D eigenvalue weighted by molar-refractivity contribution is -0.384. The Kier molecular flexibility index (Phi) is 4.11. The molecule has 0 radical (unpaired) electrons. The van der Waals surface area contributed by atoms with Gasteiger partial charge in [-0.2, -0.15) is 0 Å². The van der Waals surface area contributed by atoms with Crippen molar-refractivity contribution in [2.45, 2.75) is 46.1 Å². The average Bonchev–Trinajstić information content (AvgIpc) is 2.69. The molecule has 1 aliphatic rings. The molecule has 0 saturated heterocycles. The van der Waals surface area contributed by atoms with Crippen molar-refractivity contribution in [3.8, 4) is 0 Å². The predicted octanol–water partition coefficient (Wildman–Crippen LogP) is 3.41. The van der Waals surface area contributed by atoms with E-state index in [0.717, 1.165) is 6.42 Å². The molecule has 1 aromatic rings. The summed E-state index contributed by atoms with van der Waals surface area (Å²) in [5.41, 5.74) is 0.263. The number of nitrogens with one attached hydrogen (secondary N) is 2. The number of hydrogen-bond acceptors (Lipinski definition) is 5. The normalized spacial score (nSPS) is 20.6. The lowest BCUT2D eigenvalue weighted by Gasteiger charge is -2.28. The van der Waals surface area contributed by atoms with Gasteiger partial charge in [0, 0.05) is 12.6 Å². The fraction of sp³-hybridized carbons (Fsp3) is 0.643. The lowest BCUT2D eigenvalue weighted by atomic mass is 9.87. The van der Waals surface area contributed by atoms with Gasteiger partial charge in [-0.1, -0.05) is 20.3 Å². The van der Waals surface area contributed by atoms with Crippen LogP contribution < -0.4 is 10.6 Å². The number of nitrogens with zero attached hydrogens (tertiary/aromatic N) is 2. The third-order valence-electron chi connectivity index (χ3n) is 3.96. The maximum atomic E-state index is 11.0. The summed E-state index contributed by atoms with van der Waals surface area (Å²) in [5.74, 6) is 1.12. The zero-order valence-corrected chi connectivity index (χ0v) is 12.3. The molecule has 1 atom stereocenters. The van der Waals surface area contributed by atoms with Crippen LogP contribution in [0.1, 0.15) is 40.0 Å². The van der Waals surface area contributed by atoms with Crippen molar-refractivity contribution in [2.75, 3.05) is 17.2 Å². The van der Waals surface area contributed by atoms with E-state index in [-0.39, 0.29) is 16.0 Å². The first-order valence-corrected chi connectivity index (χ1v) is 7.09. The van der Waals surface area contributed by atoms with Crippen LogP contribution in [0, 0.1) is 15.5 Å². The van der Waals surface area contributed by atoms with Crippen LogP contribution >= 0.6 is 0 Å². The van der Waals surface area contributed by atoms with Crippen molar-refractivity contribution in [1.29, 1.82) is 0 Å². The van der Waals surface area contributed by atoms with Crippen LogP contribution in [0.15, 0.2) is 12.1 Å². The monoisotopic (exact) mass is 278 g/mol. The van der Waals surface area contributed by atoms with E-state index in [2.05, 4.69) is 29.5 Å². The van der Waals surface area contributed by atoms with Crippen molar-refractivity contribution < 1.29 is 4.92 Å². The van der Waals surface area contributed by atoms with E-state index in [4.69, 9.17) is 0 Å². The van der Waals surface area contributed by atoms with Crippen molar-refractivity contribution in [2.24, 2.45) is 5.41 Å². The summed E-state index contributed by atoms with van der Waals surface area (Å²) >= 11 is 0. The summed E-state index contributed by atoms with van der Waals surface area (Å²) in [6, 6.07) is 3.29. The maximum Gasteiger partial charge on any atom is 0.276 e. The second kappa shape index (κ2) is 5.64. The van der Waals surface area contributed by atoms with Crippen LogP contribution in [0.4, 0.5) is 17.3 Å². The van der Waals surface area contributed by atoms with E-state index >= 15 is 0 Å². The first-order valence-electron chi connectivity index (χ1n) is 7.09. The van der Waals surface area contributed by atoms with E-state index in [0.29, 0.717) is 24.2 Å². The minimum Gasteiger partial charge on any atom is -0.370 e. The number of pyridine rings is 1. The van der Waals surface area contributed by atoms with Gasteiger partial charge < -0.3 is 10.6 Å². The standard InChI is InChI=1S/C14H22N4O2/c1-4-15-12-8-10(18(19)20)9-13(17-12)16-11-6-5-7-14(11,2)3/h8-9,11H,4-7H2,1-3H3,(H2,15,16,17). The fourth-order valence-electron chi connectivity index (χ4n) is 2.74. The molecule has 0 bridgehead atoms. The highest BCUT2D eigenvalue weighted by Gasteiger charge is 2.34. The first-order chi connectivity index (χ1) is 9.42. The van der Waals surface area contributed by atoms with E-state index in [1.54, 1.807) is 0 Å². The van der Waals surface area contributed by atoms with E-state index in [1.165, 1.54) is 25.0 Å². The second-order valence-corrected chi connectivity index (χ2v) is 5.96. The Bertz CT molecular complexity index is 502. The molecule has 1 aromatic heterocycles. The van der Waals surface area contributed by atoms with Gasteiger partial charge in [0.1, 0.15) is 11.6 Å². The number of nitro groups is 1. The number of rotatable bonds is 5. The van der Waals surface area contributed by atoms with Gasteiger partial charge in [0.15, 0.2) is 0 Å². The van der Waals surface area contributed by atoms with Crippen molar-refractivity contribution in [1.82, 2.24) is 4.98 Å². The Morgan fingerprint density at radius 1 is 1.45 bits per heavy atom. The summed E-state index contributed by atoms with van der Waals surface area (Å²) in [7, 11) is 0. The molecule has 0 aromatic carbocycles. The van der Waals surface area contributed by atoms with Gasteiger partial charge in [-0.3, -0.25) is 10.1 Å². The summed E-state index contributed by atoms with van der Waals surface area (Å²) in [5, 5.41) is 17.4. The van der Waals surface area contributed by atoms with E-state index < -0.39 is 0 Å². The third-order valence-corrected chi connectivity index (χ3v) is 3.96. The summed E-state index contributed by atoms with van der Waals surface area (Å²) < 4.78 is 0. The highest BCUT2D eigenvalue weighted by Crippen LogP contribution is 2.39. The third kappa shape index (κ3) is 3.18. The second-order valence-electron chi connectivity index (χ2n) is 5.96. The topological polar surface area (TPSA) is 80.1 Å². The summed E-state index contributed by atoms with van der Waals surface area (Å²) in [6.07, 6.45) is 3.42. The van der Waals surface area contributed by atoms with E-state index in [9.17, 15) is 10.1 Å². The SMILES string of the molecule is CCNc1cc([N+](=O)[O-])cc(NC2CCCC2(C)C)n1. The van der Waals surface area contributed by atoms with Gasteiger partial charge in [0.25, 0.3) is 5.69 Å². The number of anilines is 2. The van der Waals surface area contributed by atoms with Gasteiger partial charge in [0.2, 0.25) is 0 Å². The summed E-state index contributed by atoms with van der Waals surface area (Å²) in [4.78, 5) is 15.0. The minimum atomic E-state index is -0.381. The largest absolute Gasteiger partial charge is 0.370 e. The quantitative estimate of drug-likeness (QED) is 0.637. The zero-order chi connectivity index (χ0) is 14.8. The highest BCUT2D eigenvalue weighted by atomic mass is 16.6. The minimum absolute atomic E-state index is 0.0641. The summed E-state index contributed by atoms with van der Waals surface area (Å²) in [6.45, 7) is 7.07. The van der Waals surface area contributed by atoms with Crippen LogP contribution in [0.5, 0.6) is 0 Å². The Hall–Kier alpha value is -1.85. The molecule has 2 N–H and O–H groups in total. The smallest absolute Gasteiger partial charge is 0.276 e. The molecule has 0 aliphatic heterocycles. The fourth-order valence-corrected chi connectivity index (χ4v) is 2.74. The van der Waals surface area contributed by atoms with Gasteiger partial charge in [0.05, 0.1) is 17.1 Å². The average molecular weight is 278 g/mol. The Labute approximate surface area is 119 Å². The van der Waals surface area contributed by atoms with Gasteiger partial charge in [-0.15, -0.1) is 0 Å². The molecule has 1 aliphatic carbocycles. The van der Waals surface area contributed by atoms with E-state index in [1.807, 2.05) is 6.92 Å².